The fraction of sp³-hybridized carbons (Fsp3) is 0.167. The third kappa shape index (κ3) is 4.00. The van der Waals surface area contributed by atoms with Gasteiger partial charge in [0.05, 0.1) is 21.6 Å². The van der Waals surface area contributed by atoms with Gasteiger partial charge in [-0.2, -0.15) is 5.10 Å². The van der Waals surface area contributed by atoms with Gasteiger partial charge in [-0.15, -0.1) is 0 Å². The minimum absolute atomic E-state index is 0.0343. The number of nitrogens with one attached hydrogen (secondary N) is 1. The Morgan fingerprint density at radius 3 is 2.52 bits per heavy atom. The number of carbonyl (C=O) groups is 1. The van der Waals surface area contributed by atoms with Crippen LogP contribution in [0.25, 0.3) is 0 Å². The molecule has 2 aromatic rings. The molecular weight excluding hydrogens is 310 g/mol. The number of amides is 1. The van der Waals surface area contributed by atoms with Gasteiger partial charge in [0, 0.05) is 19.0 Å². The number of nitrogens with zero attached hydrogens (tertiary/aromatic N) is 4. The number of non-ortho nitro benzene ring substituents is 1. The Balaban J connectivity index is 1.94. The average molecular weight is 321 g/mol. The number of rotatable bonds is 6. The van der Waals surface area contributed by atoms with E-state index in [4.69, 9.17) is 0 Å². The molecule has 1 heterocycles. The molecule has 0 aliphatic carbocycles. The minimum Gasteiger partial charge on any atom is -0.506 e. The summed E-state index contributed by atoms with van der Waals surface area (Å²) in [6.07, 6.45) is 2.21. The molecule has 0 aliphatic rings. The van der Waals surface area contributed by atoms with Crippen molar-refractivity contribution in [2.75, 3.05) is 5.32 Å². The first-order chi connectivity index (χ1) is 10.9. The molecular formula is C12H11N5O6. The van der Waals surface area contributed by atoms with Gasteiger partial charge >= 0.3 is 5.69 Å². The highest BCUT2D eigenvalue weighted by molar-refractivity contribution is 5.92. The number of nitro benzene ring substituents is 1. The van der Waals surface area contributed by atoms with Crippen molar-refractivity contribution in [1.29, 1.82) is 0 Å². The molecule has 0 spiro atoms. The molecule has 0 saturated carbocycles. The summed E-state index contributed by atoms with van der Waals surface area (Å²) in [5.41, 5.74) is -0.449. The van der Waals surface area contributed by atoms with E-state index in [1.165, 1.54) is 16.9 Å². The van der Waals surface area contributed by atoms with Crippen molar-refractivity contribution in [3.63, 3.8) is 0 Å². The van der Waals surface area contributed by atoms with E-state index in [0.29, 0.717) is 0 Å². The van der Waals surface area contributed by atoms with Crippen molar-refractivity contribution in [2.45, 2.75) is 13.0 Å². The third-order valence-electron chi connectivity index (χ3n) is 2.86. The van der Waals surface area contributed by atoms with Crippen LogP contribution >= 0.6 is 0 Å². The Hall–Kier alpha value is -3.50. The molecule has 2 rings (SSSR count). The monoisotopic (exact) mass is 321 g/mol. The Morgan fingerprint density at radius 1 is 1.26 bits per heavy atom. The lowest BCUT2D eigenvalue weighted by atomic mass is 10.2. The van der Waals surface area contributed by atoms with Gasteiger partial charge < -0.3 is 10.4 Å². The molecule has 11 nitrogen and oxygen atoms in total. The molecule has 0 atom stereocenters. The lowest BCUT2D eigenvalue weighted by molar-refractivity contribution is -0.385. The predicted octanol–water partition coefficient (Wildman–Crippen LogP) is 1.43. The SMILES string of the molecule is O=C(CCn1cc([N+](=O)[O-])cn1)Nc1ccc([N+](=O)[O-])cc1O. The summed E-state index contributed by atoms with van der Waals surface area (Å²) < 4.78 is 1.24. The molecule has 0 aliphatic heterocycles. The molecule has 1 aromatic heterocycles. The van der Waals surface area contributed by atoms with E-state index in [1.807, 2.05) is 0 Å². The maximum absolute atomic E-state index is 11.8. The quantitative estimate of drug-likeness (QED) is 0.463. The van der Waals surface area contributed by atoms with Crippen LogP contribution in [-0.2, 0) is 11.3 Å². The first kappa shape index (κ1) is 15.9. The Morgan fingerprint density at radius 2 is 1.96 bits per heavy atom. The summed E-state index contributed by atoms with van der Waals surface area (Å²) in [6, 6.07) is 3.28. The van der Waals surface area contributed by atoms with Crippen molar-refractivity contribution in [2.24, 2.45) is 0 Å². The smallest absolute Gasteiger partial charge is 0.306 e. The lowest BCUT2D eigenvalue weighted by Crippen LogP contribution is -2.14. The third-order valence-corrected chi connectivity index (χ3v) is 2.86. The standard InChI is InChI=1S/C12H11N5O6/c18-11-5-8(16(20)21)1-2-10(11)14-12(19)3-4-15-7-9(6-13-15)17(22)23/h1-2,5-7,18H,3-4H2,(H,14,19). The van der Waals surface area contributed by atoms with Crippen molar-refractivity contribution >= 4 is 23.0 Å². The van der Waals surface area contributed by atoms with E-state index in [2.05, 4.69) is 10.4 Å². The van der Waals surface area contributed by atoms with E-state index in [1.54, 1.807) is 0 Å². The highest BCUT2D eigenvalue weighted by atomic mass is 16.6. The van der Waals surface area contributed by atoms with Crippen molar-refractivity contribution < 1.29 is 19.7 Å². The van der Waals surface area contributed by atoms with Gasteiger partial charge in [0.15, 0.2) is 0 Å². The number of nitro groups is 2. The van der Waals surface area contributed by atoms with E-state index in [9.17, 15) is 30.1 Å². The zero-order valence-corrected chi connectivity index (χ0v) is 11.6. The summed E-state index contributed by atoms with van der Waals surface area (Å²) in [5.74, 6) is -0.908. The molecule has 1 aromatic carbocycles. The Labute approximate surface area is 128 Å². The number of aromatic hydroxyl groups is 1. The number of aromatic nitrogens is 2. The Kier molecular flexibility index (Phi) is 4.50. The summed E-state index contributed by atoms with van der Waals surface area (Å²) in [4.78, 5) is 31.5. The van der Waals surface area contributed by atoms with Gasteiger partial charge in [-0.05, 0) is 6.07 Å². The van der Waals surface area contributed by atoms with Gasteiger partial charge in [0.1, 0.15) is 18.1 Å². The first-order valence-corrected chi connectivity index (χ1v) is 6.31. The highest BCUT2D eigenvalue weighted by Crippen LogP contribution is 2.27. The number of phenolic OH excluding ortho intramolecular Hbond substituents is 1. The number of aryl methyl sites for hydroxylation is 1. The topological polar surface area (TPSA) is 153 Å². The second-order valence-electron chi connectivity index (χ2n) is 4.48. The second kappa shape index (κ2) is 6.51. The zero-order chi connectivity index (χ0) is 17.0. The fourth-order valence-electron chi connectivity index (χ4n) is 1.74. The molecule has 23 heavy (non-hydrogen) atoms. The maximum atomic E-state index is 11.8. The van der Waals surface area contributed by atoms with Crippen LogP contribution in [0.4, 0.5) is 17.1 Å². The molecule has 1 amide bonds. The summed E-state index contributed by atoms with van der Waals surface area (Å²) >= 11 is 0. The van der Waals surface area contributed by atoms with E-state index in [-0.39, 0.29) is 30.0 Å². The zero-order valence-electron chi connectivity index (χ0n) is 11.6. The van der Waals surface area contributed by atoms with Gasteiger partial charge in [0.2, 0.25) is 5.91 Å². The highest BCUT2D eigenvalue weighted by Gasteiger charge is 2.13. The number of benzene rings is 1. The number of phenols is 1. The van der Waals surface area contributed by atoms with Crippen LogP contribution in [0.2, 0.25) is 0 Å². The molecule has 0 radical (unpaired) electrons. The fourth-order valence-corrected chi connectivity index (χ4v) is 1.74. The summed E-state index contributed by atoms with van der Waals surface area (Å²) in [6.45, 7) is 0.105. The van der Waals surface area contributed by atoms with Crippen LogP contribution < -0.4 is 5.32 Å². The van der Waals surface area contributed by atoms with Gasteiger partial charge in [-0.1, -0.05) is 0 Å². The normalized spacial score (nSPS) is 10.3. The largest absolute Gasteiger partial charge is 0.506 e. The Bertz CT molecular complexity index is 771. The average Bonchev–Trinajstić information content (AvgIpc) is 2.96. The number of hydrogen-bond acceptors (Lipinski definition) is 7. The summed E-state index contributed by atoms with van der Waals surface area (Å²) in [7, 11) is 0. The van der Waals surface area contributed by atoms with Crippen LogP contribution in [0.5, 0.6) is 5.75 Å². The molecule has 2 N–H and O–H groups in total. The number of hydrogen-bond donors (Lipinski definition) is 2. The van der Waals surface area contributed by atoms with Crippen LogP contribution in [0, 0.1) is 20.2 Å². The van der Waals surface area contributed by atoms with Gasteiger partial charge in [0.25, 0.3) is 5.69 Å². The lowest BCUT2D eigenvalue weighted by Gasteiger charge is -2.07. The van der Waals surface area contributed by atoms with E-state index >= 15 is 0 Å². The van der Waals surface area contributed by atoms with Gasteiger partial charge in [-0.3, -0.25) is 29.7 Å². The first-order valence-electron chi connectivity index (χ1n) is 6.31. The van der Waals surface area contributed by atoms with Crippen LogP contribution in [0.3, 0.4) is 0 Å². The molecule has 0 unspecified atom stereocenters. The molecule has 0 fully saturated rings. The van der Waals surface area contributed by atoms with Crippen LogP contribution in [0.1, 0.15) is 6.42 Å². The van der Waals surface area contributed by atoms with Crippen molar-refractivity contribution in [3.8, 4) is 5.75 Å². The van der Waals surface area contributed by atoms with Crippen molar-refractivity contribution in [3.05, 3.63) is 50.8 Å². The number of anilines is 1. The second-order valence-corrected chi connectivity index (χ2v) is 4.48. The molecule has 0 saturated heterocycles. The molecule has 120 valence electrons. The summed E-state index contributed by atoms with van der Waals surface area (Å²) in [5, 5.41) is 36.8. The minimum atomic E-state index is -0.671. The van der Waals surface area contributed by atoms with Crippen molar-refractivity contribution in [1.82, 2.24) is 9.78 Å². The van der Waals surface area contributed by atoms with Gasteiger partial charge in [-0.25, -0.2) is 0 Å². The van der Waals surface area contributed by atoms with E-state index in [0.717, 1.165) is 18.3 Å². The maximum Gasteiger partial charge on any atom is 0.306 e. The predicted molar refractivity (Wildman–Crippen MR) is 76.9 cm³/mol. The molecule has 0 bridgehead atoms. The van der Waals surface area contributed by atoms with Crippen LogP contribution in [-0.4, -0.2) is 30.6 Å². The molecule has 11 heteroatoms. The number of carbonyl (C=O) groups excluding carboxylic acids is 1. The van der Waals surface area contributed by atoms with Crippen LogP contribution in [0.15, 0.2) is 30.6 Å². The van der Waals surface area contributed by atoms with E-state index < -0.39 is 21.5 Å².